The van der Waals surface area contributed by atoms with Gasteiger partial charge in [-0.1, -0.05) is 0 Å². The molecule has 0 N–H and O–H groups in total. The lowest BCUT2D eigenvalue weighted by atomic mass is 10.2. The van der Waals surface area contributed by atoms with Crippen LogP contribution in [0.15, 0.2) is 41.1 Å². The highest BCUT2D eigenvalue weighted by molar-refractivity contribution is 5.66. The number of rotatable bonds is 3. The molecule has 5 nitrogen and oxygen atoms in total. The molecule has 1 heterocycles. The van der Waals surface area contributed by atoms with E-state index in [4.69, 9.17) is 4.42 Å². The van der Waals surface area contributed by atoms with Gasteiger partial charge in [-0.15, -0.1) is 0 Å². The molecular formula is C11H8N2O3. The van der Waals surface area contributed by atoms with Crippen LogP contribution in [0.2, 0.25) is 0 Å². The van der Waals surface area contributed by atoms with Crippen molar-refractivity contribution in [3.8, 4) is 0 Å². The Balaban J connectivity index is 2.14. The van der Waals surface area contributed by atoms with E-state index in [-0.39, 0.29) is 5.69 Å². The topological polar surface area (TPSA) is 69.2 Å². The highest BCUT2D eigenvalue weighted by Crippen LogP contribution is 2.13. The van der Waals surface area contributed by atoms with E-state index < -0.39 is 4.92 Å². The van der Waals surface area contributed by atoms with Crippen molar-refractivity contribution in [1.82, 2.24) is 4.98 Å². The average molecular weight is 216 g/mol. The van der Waals surface area contributed by atoms with Crippen LogP contribution in [0.3, 0.4) is 0 Å². The second-order valence-corrected chi connectivity index (χ2v) is 3.05. The smallest absolute Gasteiger partial charge is 0.269 e. The lowest BCUT2D eigenvalue weighted by Gasteiger charge is -1.92. The van der Waals surface area contributed by atoms with Gasteiger partial charge in [-0.3, -0.25) is 10.1 Å². The van der Waals surface area contributed by atoms with Crippen LogP contribution >= 0.6 is 0 Å². The number of non-ortho nitro benzene ring substituents is 1. The van der Waals surface area contributed by atoms with E-state index in [1.165, 1.54) is 18.4 Å². The third-order valence-electron chi connectivity index (χ3n) is 1.97. The summed E-state index contributed by atoms with van der Waals surface area (Å²) < 4.78 is 5.01. The standard InChI is InChI=1S/C11H8N2O3/c14-13(15)10-4-1-9(2-5-10)3-6-11-12-7-8-16-11/h1-8H. The van der Waals surface area contributed by atoms with Crippen molar-refractivity contribution < 1.29 is 9.34 Å². The van der Waals surface area contributed by atoms with Crippen LogP contribution < -0.4 is 0 Å². The Kier molecular flexibility index (Phi) is 2.77. The van der Waals surface area contributed by atoms with Crippen molar-refractivity contribution >= 4 is 17.8 Å². The predicted octanol–water partition coefficient (Wildman–Crippen LogP) is 2.75. The number of hydrogen-bond acceptors (Lipinski definition) is 4. The Labute approximate surface area is 91.2 Å². The summed E-state index contributed by atoms with van der Waals surface area (Å²) in [7, 11) is 0. The van der Waals surface area contributed by atoms with Gasteiger partial charge in [0.15, 0.2) is 0 Å². The van der Waals surface area contributed by atoms with Crippen LogP contribution in [0.5, 0.6) is 0 Å². The molecule has 5 heteroatoms. The van der Waals surface area contributed by atoms with Crippen molar-refractivity contribution in [2.45, 2.75) is 0 Å². The summed E-state index contributed by atoms with van der Waals surface area (Å²) in [6, 6.07) is 6.24. The zero-order chi connectivity index (χ0) is 11.4. The van der Waals surface area contributed by atoms with Gasteiger partial charge in [-0.25, -0.2) is 4.98 Å². The van der Waals surface area contributed by atoms with Crippen LogP contribution in [-0.2, 0) is 0 Å². The second kappa shape index (κ2) is 4.39. The van der Waals surface area contributed by atoms with Crippen LogP contribution in [0.1, 0.15) is 11.5 Å². The second-order valence-electron chi connectivity index (χ2n) is 3.05. The SMILES string of the molecule is O=[N+]([O-])c1ccc(C=Cc2ncco2)cc1. The summed E-state index contributed by atoms with van der Waals surface area (Å²) in [6.07, 6.45) is 6.50. The molecule has 1 aromatic carbocycles. The number of oxazole rings is 1. The van der Waals surface area contributed by atoms with Crippen LogP contribution in [0.25, 0.3) is 12.2 Å². The average Bonchev–Trinajstić information content (AvgIpc) is 2.80. The molecule has 0 radical (unpaired) electrons. The van der Waals surface area contributed by atoms with E-state index in [1.54, 1.807) is 30.5 Å². The minimum Gasteiger partial charge on any atom is -0.445 e. The molecule has 0 atom stereocenters. The highest BCUT2D eigenvalue weighted by atomic mass is 16.6. The molecule has 0 amide bonds. The van der Waals surface area contributed by atoms with Gasteiger partial charge in [0.05, 0.1) is 11.1 Å². The first-order valence-corrected chi connectivity index (χ1v) is 4.58. The number of nitro groups is 1. The first kappa shape index (κ1) is 10.1. The predicted molar refractivity (Wildman–Crippen MR) is 58.5 cm³/mol. The largest absolute Gasteiger partial charge is 0.445 e. The zero-order valence-electron chi connectivity index (χ0n) is 8.24. The first-order valence-electron chi connectivity index (χ1n) is 4.58. The Morgan fingerprint density at radius 3 is 2.56 bits per heavy atom. The Morgan fingerprint density at radius 2 is 2.00 bits per heavy atom. The number of aromatic nitrogens is 1. The summed E-state index contributed by atoms with van der Waals surface area (Å²) in [4.78, 5) is 13.9. The van der Waals surface area contributed by atoms with Crippen molar-refractivity contribution in [2.24, 2.45) is 0 Å². The Hall–Kier alpha value is -2.43. The molecule has 16 heavy (non-hydrogen) atoms. The first-order chi connectivity index (χ1) is 7.75. The zero-order valence-corrected chi connectivity index (χ0v) is 8.24. The fourth-order valence-corrected chi connectivity index (χ4v) is 1.19. The summed E-state index contributed by atoms with van der Waals surface area (Å²) in [6.45, 7) is 0. The van der Waals surface area contributed by atoms with Gasteiger partial charge in [-0.05, 0) is 23.8 Å². The maximum Gasteiger partial charge on any atom is 0.269 e. The summed E-state index contributed by atoms with van der Waals surface area (Å²) in [5.41, 5.74) is 0.928. The van der Waals surface area contributed by atoms with Crippen molar-refractivity contribution in [1.29, 1.82) is 0 Å². The molecule has 2 rings (SSSR count). The monoisotopic (exact) mass is 216 g/mol. The molecule has 0 unspecified atom stereocenters. The number of nitro benzene ring substituents is 1. The third kappa shape index (κ3) is 2.33. The molecule has 0 saturated carbocycles. The van der Waals surface area contributed by atoms with Crippen LogP contribution in [-0.4, -0.2) is 9.91 Å². The number of benzene rings is 1. The van der Waals surface area contributed by atoms with Crippen LogP contribution in [0.4, 0.5) is 5.69 Å². The summed E-state index contributed by atoms with van der Waals surface area (Å²) in [5.74, 6) is 0.498. The van der Waals surface area contributed by atoms with E-state index in [2.05, 4.69) is 4.98 Å². The normalized spacial score (nSPS) is 10.8. The van der Waals surface area contributed by atoms with Crippen molar-refractivity contribution in [3.05, 3.63) is 58.3 Å². The molecule has 0 aliphatic rings. The molecule has 1 aromatic heterocycles. The van der Waals surface area contributed by atoms with Gasteiger partial charge in [-0.2, -0.15) is 0 Å². The van der Waals surface area contributed by atoms with E-state index in [0.717, 1.165) is 5.56 Å². The molecule has 0 aliphatic heterocycles. The van der Waals surface area contributed by atoms with Gasteiger partial charge >= 0.3 is 0 Å². The van der Waals surface area contributed by atoms with E-state index in [0.29, 0.717) is 5.89 Å². The number of nitrogens with zero attached hydrogens (tertiary/aromatic N) is 2. The highest BCUT2D eigenvalue weighted by Gasteiger charge is 2.02. The lowest BCUT2D eigenvalue weighted by molar-refractivity contribution is -0.384. The van der Waals surface area contributed by atoms with E-state index >= 15 is 0 Å². The lowest BCUT2D eigenvalue weighted by Crippen LogP contribution is -1.86. The van der Waals surface area contributed by atoms with Gasteiger partial charge in [0.25, 0.3) is 5.69 Å². The van der Waals surface area contributed by atoms with Crippen molar-refractivity contribution in [2.75, 3.05) is 0 Å². The van der Waals surface area contributed by atoms with Crippen molar-refractivity contribution in [3.63, 3.8) is 0 Å². The van der Waals surface area contributed by atoms with E-state index in [9.17, 15) is 10.1 Å². The summed E-state index contributed by atoms with van der Waals surface area (Å²) in [5, 5.41) is 10.4. The quantitative estimate of drug-likeness (QED) is 0.584. The minimum atomic E-state index is -0.429. The molecule has 0 bridgehead atoms. The third-order valence-corrected chi connectivity index (χ3v) is 1.97. The molecule has 2 aromatic rings. The Morgan fingerprint density at radius 1 is 1.25 bits per heavy atom. The van der Waals surface area contributed by atoms with Crippen LogP contribution in [0, 0.1) is 10.1 Å². The fraction of sp³-hybridized carbons (Fsp3) is 0. The maximum atomic E-state index is 10.4. The Bertz CT molecular complexity index is 501. The minimum absolute atomic E-state index is 0.0771. The molecule has 0 fully saturated rings. The molecule has 0 saturated heterocycles. The number of hydrogen-bond donors (Lipinski definition) is 0. The molecule has 0 spiro atoms. The van der Waals surface area contributed by atoms with Gasteiger partial charge in [0, 0.05) is 18.2 Å². The van der Waals surface area contributed by atoms with Gasteiger partial charge in [0.2, 0.25) is 5.89 Å². The summed E-state index contributed by atoms with van der Waals surface area (Å²) >= 11 is 0. The van der Waals surface area contributed by atoms with Gasteiger partial charge < -0.3 is 4.42 Å². The van der Waals surface area contributed by atoms with Gasteiger partial charge in [0.1, 0.15) is 6.26 Å². The fourth-order valence-electron chi connectivity index (χ4n) is 1.19. The molecule has 80 valence electrons. The maximum absolute atomic E-state index is 10.4. The molecule has 0 aliphatic carbocycles. The van der Waals surface area contributed by atoms with E-state index in [1.807, 2.05) is 0 Å². The molecular weight excluding hydrogens is 208 g/mol.